The van der Waals surface area contributed by atoms with Gasteiger partial charge in [0.05, 0.1) is 43.3 Å². The molecule has 16 aromatic rings. The van der Waals surface area contributed by atoms with Gasteiger partial charge in [-0.1, -0.05) is 389 Å². The molecule has 30 heteroatoms. The number of benzene rings is 14. The molecular weight excluding hydrogens is 2010 g/mol. The normalized spacial score (nSPS) is 11.3. The van der Waals surface area contributed by atoms with Gasteiger partial charge < -0.3 is 24.0 Å². The maximum absolute atomic E-state index is 13.3. The maximum atomic E-state index is 13.3. The maximum Gasteiger partial charge on any atom is 0.569 e. The van der Waals surface area contributed by atoms with Crippen LogP contribution in [0, 0.1) is 0 Å². The molecule has 13 nitrogen and oxygen atoms in total. The second-order valence-corrected chi connectivity index (χ2v) is 40.1. The van der Waals surface area contributed by atoms with Crippen LogP contribution >= 0.6 is 66.8 Å². The van der Waals surface area contributed by atoms with E-state index in [1.54, 1.807) is 0 Å². The van der Waals surface area contributed by atoms with Gasteiger partial charge in [-0.05, 0) is 162 Å². The molecule has 2 aliphatic heterocycles. The summed E-state index contributed by atoms with van der Waals surface area (Å²) >= 11 is 7.99. The van der Waals surface area contributed by atoms with Gasteiger partial charge in [0.15, 0.2) is 5.75 Å². The zero-order valence-electron chi connectivity index (χ0n) is 74.6. The Kier molecular flexibility index (Phi) is 51.4. The molecule has 0 spiro atoms. The van der Waals surface area contributed by atoms with Crippen molar-refractivity contribution >= 4 is 247 Å². The summed E-state index contributed by atoms with van der Waals surface area (Å²) < 4.78 is 95.2. The van der Waals surface area contributed by atoms with Crippen molar-refractivity contribution < 1.29 is 80.9 Å². The minimum Gasteiger partial charge on any atom is -0.537 e. The third-order valence-corrected chi connectivity index (χ3v) is 32.5. The Bertz CT molecular complexity index is 5470. The average Bonchev–Trinajstić information content (AvgIpc) is 0.755. The molecule has 0 saturated heterocycles. The molecule has 3 radical (unpaired) electrons. The van der Waals surface area contributed by atoms with Crippen LogP contribution in [0.25, 0.3) is 11.1 Å². The van der Waals surface area contributed by atoms with Gasteiger partial charge in [-0.15, -0.1) is 23.5 Å². The second kappa shape index (κ2) is 60.8. The van der Waals surface area contributed by atoms with Crippen molar-refractivity contribution in [2.24, 2.45) is 14.1 Å². The fourth-order valence-electron chi connectivity index (χ4n) is 14.1. The summed E-state index contributed by atoms with van der Waals surface area (Å²) in [6, 6.07) is 134. The van der Waals surface area contributed by atoms with Crippen molar-refractivity contribution in [3.05, 3.63) is 449 Å². The number of fused-ring (bicyclic) bond motifs is 2. The molecular formula is C106H97BClF6K2N4O9P4PdS2. The SMILES string of the molecule is C.COc1c(-c2ccc(C(F)(F)F)c3c2CCCS3)cnn(C)c1=O.COc1c(Cl)cnn(C)c1=O.O=COO.O[B]Oc1ccc(C(F)(F)F)c2c1CCCS2.[K].[K].[Pd].c1ccc(P(c2ccccc2)c2ccccc2)cc1.c1ccc(P(c2ccccc2)c2ccccc2)cc1.c1ccc(P(c2ccccc2)c2ccccc2)cc1.c1ccc(P(c2ccccc2)c2ccccc2)cc1. The van der Waals surface area contributed by atoms with Gasteiger partial charge in [0.1, 0.15) is 10.8 Å². The fraction of sp³-hybridized carbons (Fsp3) is 0.123. The first kappa shape index (κ1) is 115. The van der Waals surface area contributed by atoms with E-state index in [0.29, 0.717) is 60.0 Å². The zero-order valence-corrected chi connectivity index (χ0v) is 88.4. The summed E-state index contributed by atoms with van der Waals surface area (Å²) in [4.78, 5) is 35.3. The molecule has 0 amide bonds. The fourth-order valence-corrected chi connectivity index (χ4v) is 25.9. The number of thioether (sulfide) groups is 2. The standard InChI is InChI=1S/4C18H15P.C16H15F3N2O2S.C10H9BF3O2S.C6H7ClN2O2.CH2O3.CH4.2K.Pd/c4*1-4-10-16(11-5-1)19(17-12-6-2-7-13-17)18-14-8-3-9-15-18;1-21-15(22)13(23-2)11(8-20-21)9-5-6-12(16(17,18)19)14-10(9)4-3-7-24-14;12-10(13,14)7-3-4-8(16-11-15)6-2-1-5-17-9(6)7;1-9-6(10)5(11-2)4(7)3-8-9;2-1-4-3;;;;/h4*1-15H;5-6,8H,3-4,7H2,1-2H3;3-4,15H,1-2,5H2;3H,1-2H3;1,3H;1H4;;;. The third kappa shape index (κ3) is 33.6. The van der Waals surface area contributed by atoms with Crippen molar-refractivity contribution in [2.45, 2.75) is 55.3 Å². The molecule has 2 N–H and O–H groups in total. The molecule has 0 aliphatic carbocycles. The van der Waals surface area contributed by atoms with E-state index in [-0.39, 0.29) is 169 Å². The van der Waals surface area contributed by atoms with Gasteiger partial charge in [0.25, 0.3) is 0 Å². The molecule has 18 rings (SSSR count). The van der Waals surface area contributed by atoms with Crippen LogP contribution in [0.4, 0.5) is 26.3 Å². The Balaban J connectivity index is 0.000000215. The van der Waals surface area contributed by atoms with Gasteiger partial charge in [-0.3, -0.25) is 14.4 Å². The van der Waals surface area contributed by atoms with Crippen LogP contribution in [-0.4, -0.2) is 172 Å². The Hall–Kier alpha value is -8.08. The number of methoxy groups -OCH3 is 2. The summed E-state index contributed by atoms with van der Waals surface area (Å²) in [5, 5.41) is 40.2. The number of nitrogens with zero attached hydrogens (tertiary/aromatic N) is 4. The molecule has 0 unspecified atom stereocenters. The van der Waals surface area contributed by atoms with Crippen molar-refractivity contribution in [2.75, 3.05) is 25.7 Å². The zero-order chi connectivity index (χ0) is 93.5. The van der Waals surface area contributed by atoms with Gasteiger partial charge in [0, 0.05) is 153 Å². The summed E-state index contributed by atoms with van der Waals surface area (Å²) in [6.07, 6.45) is -3.27. The number of halogens is 7. The van der Waals surface area contributed by atoms with Crippen LogP contribution in [0.3, 0.4) is 0 Å². The number of alkyl halides is 6. The van der Waals surface area contributed by atoms with Crippen molar-refractivity contribution in [1.29, 1.82) is 0 Å². The predicted octanol–water partition coefficient (Wildman–Crippen LogP) is 19.9. The molecule has 14 aromatic carbocycles. The molecule has 2 aliphatic rings. The van der Waals surface area contributed by atoms with E-state index < -0.39 is 60.7 Å². The van der Waals surface area contributed by atoms with Crippen LogP contribution in [0.1, 0.15) is 42.5 Å². The van der Waals surface area contributed by atoms with E-state index in [1.165, 1.54) is 140 Å². The number of ether oxygens (including phenoxy) is 2. The second-order valence-electron chi connectivity index (χ2n) is 28.6. The monoisotopic (exact) mass is 2100 g/mol. The molecule has 691 valence electrons. The molecule has 0 fully saturated rings. The predicted molar refractivity (Wildman–Crippen MR) is 554 cm³/mol. The van der Waals surface area contributed by atoms with Crippen LogP contribution in [0.5, 0.6) is 17.2 Å². The topological polar surface area (TPSA) is 164 Å². The van der Waals surface area contributed by atoms with E-state index in [1.807, 2.05) is 0 Å². The summed E-state index contributed by atoms with van der Waals surface area (Å²) in [5.41, 5.74) is 0.132. The Morgan fingerprint density at radius 2 is 0.618 bits per heavy atom. The quantitative estimate of drug-likeness (QED) is 0.0208. The average molecular weight is 2100 g/mol. The molecule has 2 aromatic heterocycles. The number of carbonyl (C=O) groups is 1. The summed E-state index contributed by atoms with van der Waals surface area (Å²) in [6.45, 7) is -0.0694. The number of hydrogen-bond acceptors (Lipinski definition) is 13. The Morgan fingerprint density at radius 1 is 0.382 bits per heavy atom. The van der Waals surface area contributed by atoms with Crippen LogP contribution in [0.15, 0.2) is 420 Å². The number of carbonyl (C=O) groups excluding carboxylic acids is 1. The minimum atomic E-state index is -4.40. The van der Waals surface area contributed by atoms with Gasteiger partial charge in [-0.25, -0.2) is 14.6 Å². The largest absolute Gasteiger partial charge is 0.569 e. The minimum absolute atomic E-state index is 0. The van der Waals surface area contributed by atoms with Crippen LogP contribution in [-0.2, 0) is 69.4 Å². The smallest absolute Gasteiger partial charge is 0.537 e. The third-order valence-electron chi connectivity index (χ3n) is 20.0. The van der Waals surface area contributed by atoms with E-state index in [2.05, 4.69) is 379 Å². The van der Waals surface area contributed by atoms with Crippen LogP contribution in [0.2, 0.25) is 5.02 Å². The Labute approximate surface area is 908 Å². The first-order valence-corrected chi connectivity index (χ1v) is 49.2. The number of aromatic nitrogens is 4. The molecule has 0 saturated carbocycles. The molecule has 136 heavy (non-hydrogen) atoms. The molecule has 0 bridgehead atoms. The van der Waals surface area contributed by atoms with E-state index in [4.69, 9.17) is 40.8 Å². The number of aryl methyl sites for hydroxylation is 2. The van der Waals surface area contributed by atoms with Gasteiger partial charge in [0.2, 0.25) is 5.75 Å². The number of rotatable bonds is 18. The summed E-state index contributed by atoms with van der Waals surface area (Å²) in [5.74, 6) is 1.82. The van der Waals surface area contributed by atoms with Crippen LogP contribution < -0.4 is 88.9 Å². The van der Waals surface area contributed by atoms with E-state index in [9.17, 15) is 35.9 Å². The van der Waals surface area contributed by atoms with Gasteiger partial charge in [-0.2, -0.15) is 36.5 Å². The molecule has 0 atom stereocenters. The van der Waals surface area contributed by atoms with E-state index in [0.717, 1.165) is 34.3 Å². The molecule has 4 heterocycles. The summed E-state index contributed by atoms with van der Waals surface area (Å²) in [7, 11) is 4.48. The number of hydrogen-bond donors (Lipinski definition) is 2. The van der Waals surface area contributed by atoms with Crippen molar-refractivity contribution in [3.8, 4) is 28.4 Å². The first-order chi connectivity index (χ1) is 64.3. The van der Waals surface area contributed by atoms with Crippen molar-refractivity contribution in [3.63, 3.8) is 0 Å². The van der Waals surface area contributed by atoms with Gasteiger partial charge >= 0.3 is 37.6 Å². The first-order valence-electron chi connectivity index (χ1n) is 41.5. The van der Waals surface area contributed by atoms with E-state index >= 15 is 0 Å². The van der Waals surface area contributed by atoms with Crippen molar-refractivity contribution in [1.82, 2.24) is 19.6 Å². The Morgan fingerprint density at radius 3 is 0.853 bits per heavy atom.